The maximum atomic E-state index is 11.1. The van der Waals surface area contributed by atoms with Crippen molar-refractivity contribution in [1.29, 1.82) is 5.26 Å². The third-order valence-electron chi connectivity index (χ3n) is 2.96. The zero-order chi connectivity index (χ0) is 16.8. The number of rotatable bonds is 5. The van der Waals surface area contributed by atoms with Crippen LogP contribution in [0.15, 0.2) is 52.5 Å². The van der Waals surface area contributed by atoms with Crippen LogP contribution in [0, 0.1) is 11.3 Å². The number of benzene rings is 2. The van der Waals surface area contributed by atoms with Crippen molar-refractivity contribution in [3.05, 3.63) is 68.7 Å². The molecule has 2 aromatic rings. The third kappa shape index (κ3) is 4.85. The molecular weight excluding hydrogens is 380 g/mol. The van der Waals surface area contributed by atoms with Crippen LogP contribution in [-0.2, 0) is 11.4 Å². The fraction of sp³-hybridized carbons (Fsp3) is 0.0588. The smallest absolute Gasteiger partial charge is 0.259 e. The molecule has 0 saturated carbocycles. The SMILES string of the molecule is N#CC(=Cc1ccc(OCc2ccc(Cl)cc2)c(Br)c1)C(N)=O. The number of carbonyl (C=O) groups excluding carboxylic acids is 1. The molecule has 1 amide bonds. The highest BCUT2D eigenvalue weighted by Gasteiger charge is 2.06. The van der Waals surface area contributed by atoms with Gasteiger partial charge < -0.3 is 10.5 Å². The number of amides is 1. The molecule has 0 aliphatic carbocycles. The molecule has 0 spiro atoms. The second-order valence-electron chi connectivity index (χ2n) is 4.64. The summed E-state index contributed by atoms with van der Waals surface area (Å²) in [6.07, 6.45) is 1.43. The van der Waals surface area contributed by atoms with Crippen LogP contribution in [0.25, 0.3) is 6.08 Å². The van der Waals surface area contributed by atoms with Crippen molar-refractivity contribution in [3.8, 4) is 11.8 Å². The quantitative estimate of drug-likeness (QED) is 0.616. The molecule has 0 saturated heterocycles. The van der Waals surface area contributed by atoms with Crippen molar-refractivity contribution in [3.63, 3.8) is 0 Å². The van der Waals surface area contributed by atoms with Crippen molar-refractivity contribution in [2.45, 2.75) is 6.61 Å². The summed E-state index contributed by atoms with van der Waals surface area (Å²) in [5, 5.41) is 9.52. The largest absolute Gasteiger partial charge is 0.488 e. The third-order valence-corrected chi connectivity index (χ3v) is 3.83. The fourth-order valence-corrected chi connectivity index (χ4v) is 2.43. The van der Waals surface area contributed by atoms with E-state index >= 15 is 0 Å². The number of nitrogens with zero attached hydrogens (tertiary/aromatic N) is 1. The minimum atomic E-state index is -0.758. The summed E-state index contributed by atoms with van der Waals surface area (Å²) in [6.45, 7) is 0.398. The van der Waals surface area contributed by atoms with Crippen LogP contribution < -0.4 is 10.5 Å². The Morgan fingerprint density at radius 3 is 2.57 bits per heavy atom. The molecule has 0 atom stereocenters. The molecule has 0 aromatic heterocycles. The highest BCUT2D eigenvalue weighted by molar-refractivity contribution is 9.10. The van der Waals surface area contributed by atoms with Gasteiger partial charge in [0.25, 0.3) is 5.91 Å². The zero-order valence-electron chi connectivity index (χ0n) is 11.9. The number of nitriles is 1. The molecule has 2 N–H and O–H groups in total. The monoisotopic (exact) mass is 390 g/mol. The van der Waals surface area contributed by atoms with E-state index in [1.165, 1.54) is 6.08 Å². The lowest BCUT2D eigenvalue weighted by Crippen LogP contribution is -2.12. The molecule has 0 aliphatic heterocycles. The molecule has 2 aromatic carbocycles. The number of ether oxygens (including phenoxy) is 1. The summed E-state index contributed by atoms with van der Waals surface area (Å²) in [5.74, 6) is -0.110. The maximum Gasteiger partial charge on any atom is 0.259 e. The van der Waals surface area contributed by atoms with Gasteiger partial charge in [0.1, 0.15) is 24.0 Å². The number of primary amides is 1. The topological polar surface area (TPSA) is 76.1 Å². The van der Waals surface area contributed by atoms with E-state index in [9.17, 15) is 4.79 Å². The highest BCUT2D eigenvalue weighted by atomic mass is 79.9. The van der Waals surface area contributed by atoms with Crippen molar-refractivity contribution in [2.24, 2.45) is 5.73 Å². The van der Waals surface area contributed by atoms with E-state index in [1.807, 2.05) is 12.1 Å². The molecule has 0 heterocycles. The first kappa shape index (κ1) is 17.1. The second kappa shape index (κ2) is 7.82. The first-order valence-corrected chi connectivity index (χ1v) is 7.75. The van der Waals surface area contributed by atoms with Crippen molar-refractivity contribution >= 4 is 39.5 Å². The summed E-state index contributed by atoms with van der Waals surface area (Å²) >= 11 is 9.24. The van der Waals surface area contributed by atoms with Crippen molar-refractivity contribution in [1.82, 2.24) is 0 Å². The predicted octanol–water partition coefficient (Wildman–Crippen LogP) is 4.07. The lowest BCUT2D eigenvalue weighted by Gasteiger charge is -2.09. The average Bonchev–Trinajstić information content (AvgIpc) is 2.53. The number of hydrogen-bond donors (Lipinski definition) is 1. The van der Waals surface area contributed by atoms with Crippen LogP contribution >= 0.6 is 27.5 Å². The van der Waals surface area contributed by atoms with E-state index < -0.39 is 5.91 Å². The number of halogens is 2. The van der Waals surface area contributed by atoms with Gasteiger partial charge in [-0.25, -0.2) is 0 Å². The Kier molecular flexibility index (Phi) is 5.80. The van der Waals surface area contributed by atoms with Crippen LogP contribution in [-0.4, -0.2) is 5.91 Å². The molecule has 0 aliphatic rings. The lowest BCUT2D eigenvalue weighted by molar-refractivity contribution is -0.114. The van der Waals surface area contributed by atoms with Gasteiger partial charge >= 0.3 is 0 Å². The van der Waals surface area contributed by atoms with Crippen LogP contribution in [0.1, 0.15) is 11.1 Å². The standard InChI is InChI=1S/C17H12BrClN2O2/c18-15-8-12(7-13(9-20)17(21)22)3-6-16(15)23-10-11-1-4-14(19)5-2-11/h1-8H,10H2,(H2,21,22). The van der Waals surface area contributed by atoms with Crippen LogP contribution in [0.4, 0.5) is 0 Å². The molecular formula is C17H12BrClN2O2. The van der Waals surface area contributed by atoms with Gasteiger partial charge in [0.2, 0.25) is 0 Å². The Hall–Kier alpha value is -2.29. The van der Waals surface area contributed by atoms with Gasteiger partial charge in [-0.05, 0) is 57.4 Å². The number of nitrogens with two attached hydrogens (primary N) is 1. The van der Waals surface area contributed by atoms with E-state index in [0.717, 1.165) is 5.56 Å². The average molecular weight is 392 g/mol. The molecule has 2 rings (SSSR count). The van der Waals surface area contributed by atoms with E-state index in [1.54, 1.807) is 36.4 Å². The summed E-state index contributed by atoms with van der Waals surface area (Å²) in [6, 6.07) is 14.4. The summed E-state index contributed by atoms with van der Waals surface area (Å²) in [7, 11) is 0. The van der Waals surface area contributed by atoms with Crippen molar-refractivity contribution < 1.29 is 9.53 Å². The molecule has 23 heavy (non-hydrogen) atoms. The molecule has 0 unspecified atom stereocenters. The van der Waals surface area contributed by atoms with Gasteiger partial charge in [0.05, 0.1) is 4.47 Å². The summed E-state index contributed by atoms with van der Waals surface area (Å²) in [5.41, 5.74) is 6.67. The van der Waals surface area contributed by atoms with Crippen LogP contribution in [0.2, 0.25) is 5.02 Å². The zero-order valence-corrected chi connectivity index (χ0v) is 14.3. The molecule has 0 bridgehead atoms. The normalized spacial score (nSPS) is 10.9. The van der Waals surface area contributed by atoms with Gasteiger partial charge in [-0.2, -0.15) is 5.26 Å². The highest BCUT2D eigenvalue weighted by Crippen LogP contribution is 2.27. The molecule has 4 nitrogen and oxygen atoms in total. The van der Waals surface area contributed by atoms with Gasteiger partial charge in [0, 0.05) is 5.02 Å². The molecule has 116 valence electrons. The molecule has 0 radical (unpaired) electrons. The van der Waals surface area contributed by atoms with Gasteiger partial charge in [-0.1, -0.05) is 29.8 Å². The Balaban J connectivity index is 2.12. The van der Waals surface area contributed by atoms with Gasteiger partial charge in [0.15, 0.2) is 0 Å². The minimum absolute atomic E-state index is 0.105. The first-order chi connectivity index (χ1) is 11.0. The number of hydrogen-bond acceptors (Lipinski definition) is 3. The predicted molar refractivity (Wildman–Crippen MR) is 92.7 cm³/mol. The van der Waals surface area contributed by atoms with E-state index in [2.05, 4.69) is 15.9 Å². The van der Waals surface area contributed by atoms with Crippen LogP contribution in [0.3, 0.4) is 0 Å². The Morgan fingerprint density at radius 2 is 2.00 bits per heavy atom. The maximum absolute atomic E-state index is 11.1. The summed E-state index contributed by atoms with van der Waals surface area (Å²) in [4.78, 5) is 11.1. The Bertz CT molecular complexity index is 795. The van der Waals surface area contributed by atoms with Gasteiger partial charge in [-0.15, -0.1) is 0 Å². The summed E-state index contributed by atoms with van der Waals surface area (Å²) < 4.78 is 6.44. The van der Waals surface area contributed by atoms with E-state index in [4.69, 9.17) is 27.3 Å². The minimum Gasteiger partial charge on any atom is -0.488 e. The fourth-order valence-electron chi connectivity index (χ4n) is 1.79. The van der Waals surface area contributed by atoms with E-state index in [-0.39, 0.29) is 5.57 Å². The molecule has 6 heteroatoms. The Morgan fingerprint density at radius 1 is 1.30 bits per heavy atom. The Labute approximate surface area is 147 Å². The lowest BCUT2D eigenvalue weighted by atomic mass is 10.1. The van der Waals surface area contributed by atoms with Crippen molar-refractivity contribution in [2.75, 3.05) is 0 Å². The van der Waals surface area contributed by atoms with Crippen LogP contribution in [0.5, 0.6) is 5.75 Å². The first-order valence-electron chi connectivity index (χ1n) is 6.58. The van der Waals surface area contributed by atoms with E-state index in [0.29, 0.717) is 27.4 Å². The number of carbonyl (C=O) groups is 1. The van der Waals surface area contributed by atoms with Gasteiger partial charge in [-0.3, -0.25) is 4.79 Å². The second-order valence-corrected chi connectivity index (χ2v) is 5.93. The molecule has 0 fully saturated rings.